The van der Waals surface area contributed by atoms with Gasteiger partial charge in [-0.05, 0) is 19.1 Å². The van der Waals surface area contributed by atoms with E-state index in [1.807, 2.05) is 0 Å². The summed E-state index contributed by atoms with van der Waals surface area (Å²) < 4.78 is 18.5. The highest BCUT2D eigenvalue weighted by molar-refractivity contribution is 5.76. The van der Waals surface area contributed by atoms with Gasteiger partial charge in [0, 0.05) is 0 Å². The van der Waals surface area contributed by atoms with E-state index in [1.165, 1.54) is 12.1 Å². The fourth-order valence-corrected chi connectivity index (χ4v) is 1.55. The molecule has 1 aromatic carbocycles. The molecule has 2 N–H and O–H groups in total. The van der Waals surface area contributed by atoms with Crippen molar-refractivity contribution in [3.05, 3.63) is 35.9 Å². The van der Waals surface area contributed by atoms with E-state index in [0.717, 1.165) is 0 Å². The fraction of sp³-hybridized carbons (Fsp3) is 0.333. The Labute approximate surface area is 114 Å². The van der Waals surface area contributed by atoms with Gasteiger partial charge in [0.25, 0.3) is 0 Å². The van der Waals surface area contributed by atoms with Crippen LogP contribution in [0.3, 0.4) is 0 Å². The van der Waals surface area contributed by atoms with Crippen molar-refractivity contribution >= 4 is 5.91 Å². The van der Waals surface area contributed by atoms with Crippen LogP contribution in [-0.2, 0) is 4.79 Å². The fourth-order valence-electron chi connectivity index (χ4n) is 1.55. The number of H-pyrrole nitrogens is 1. The minimum Gasteiger partial charge on any atom is -0.490 e. The number of carbonyl (C=O) groups is 1. The molecular weight excluding hydrogens is 265 g/mol. The summed E-state index contributed by atoms with van der Waals surface area (Å²) in [4.78, 5) is 11.7. The average molecular weight is 279 g/mol. The first-order valence-corrected chi connectivity index (χ1v) is 6.07. The summed E-state index contributed by atoms with van der Waals surface area (Å²) in [5, 5.41) is 15.9. The van der Waals surface area contributed by atoms with E-state index in [4.69, 9.17) is 4.74 Å². The van der Waals surface area contributed by atoms with E-state index in [9.17, 15) is 9.18 Å². The van der Waals surface area contributed by atoms with Crippen LogP contribution in [0, 0.1) is 5.82 Å². The molecule has 2 aromatic rings. The number of nitrogens with zero attached hydrogens (tertiary/aromatic N) is 3. The van der Waals surface area contributed by atoms with Crippen LogP contribution in [0.15, 0.2) is 24.3 Å². The Morgan fingerprint density at radius 3 is 3.00 bits per heavy atom. The third-order valence-electron chi connectivity index (χ3n) is 2.55. The van der Waals surface area contributed by atoms with Crippen molar-refractivity contribution in [1.29, 1.82) is 0 Å². The van der Waals surface area contributed by atoms with Crippen molar-refractivity contribution in [2.24, 2.45) is 0 Å². The molecular formula is C12H14FN5O2. The monoisotopic (exact) mass is 279 g/mol. The number of rotatable bonds is 6. The lowest BCUT2D eigenvalue weighted by Gasteiger charge is -2.10. The van der Waals surface area contributed by atoms with Crippen molar-refractivity contribution in [2.75, 3.05) is 6.61 Å². The van der Waals surface area contributed by atoms with Crippen molar-refractivity contribution in [2.45, 2.75) is 19.4 Å². The topological polar surface area (TPSA) is 92.8 Å². The van der Waals surface area contributed by atoms with Crippen molar-refractivity contribution in [3.63, 3.8) is 0 Å². The van der Waals surface area contributed by atoms with E-state index in [-0.39, 0.29) is 30.7 Å². The second kappa shape index (κ2) is 6.60. The molecule has 0 spiro atoms. The molecule has 0 aliphatic heterocycles. The minimum atomic E-state index is -0.451. The third kappa shape index (κ3) is 3.74. The van der Waals surface area contributed by atoms with Crippen LogP contribution in [0.4, 0.5) is 4.39 Å². The Morgan fingerprint density at radius 2 is 2.30 bits per heavy atom. The van der Waals surface area contributed by atoms with Gasteiger partial charge in [0.15, 0.2) is 17.4 Å². The van der Waals surface area contributed by atoms with Crippen LogP contribution in [0.1, 0.15) is 25.2 Å². The van der Waals surface area contributed by atoms with E-state index >= 15 is 0 Å². The van der Waals surface area contributed by atoms with Crippen LogP contribution in [-0.4, -0.2) is 33.1 Å². The summed E-state index contributed by atoms with van der Waals surface area (Å²) in [6, 6.07) is 5.69. The summed E-state index contributed by atoms with van der Waals surface area (Å²) >= 11 is 0. The average Bonchev–Trinajstić information content (AvgIpc) is 2.95. The molecule has 20 heavy (non-hydrogen) atoms. The SMILES string of the molecule is CC(NC(=O)CCOc1ccccc1F)c1nn[nH]n1. The number of tetrazole rings is 1. The largest absolute Gasteiger partial charge is 0.490 e. The van der Waals surface area contributed by atoms with Crippen molar-refractivity contribution in [3.8, 4) is 5.75 Å². The molecule has 0 fully saturated rings. The normalized spacial score (nSPS) is 11.9. The highest BCUT2D eigenvalue weighted by Gasteiger charge is 2.13. The zero-order valence-corrected chi connectivity index (χ0v) is 10.8. The highest BCUT2D eigenvalue weighted by atomic mass is 19.1. The Kier molecular flexibility index (Phi) is 4.59. The van der Waals surface area contributed by atoms with E-state index < -0.39 is 5.82 Å². The Balaban J connectivity index is 1.74. The van der Waals surface area contributed by atoms with Crippen LogP contribution in [0.25, 0.3) is 0 Å². The molecule has 0 bridgehead atoms. The van der Waals surface area contributed by atoms with Crippen molar-refractivity contribution in [1.82, 2.24) is 25.9 Å². The number of nitrogens with one attached hydrogen (secondary N) is 2. The van der Waals surface area contributed by atoms with Gasteiger partial charge in [0.1, 0.15) is 0 Å². The van der Waals surface area contributed by atoms with E-state index in [1.54, 1.807) is 19.1 Å². The Bertz CT molecular complexity index is 561. The molecule has 8 heteroatoms. The van der Waals surface area contributed by atoms with E-state index in [0.29, 0.717) is 5.82 Å². The number of carbonyl (C=O) groups excluding carboxylic acids is 1. The lowest BCUT2D eigenvalue weighted by Crippen LogP contribution is -2.28. The molecule has 1 unspecified atom stereocenters. The number of para-hydroxylation sites is 1. The third-order valence-corrected chi connectivity index (χ3v) is 2.55. The molecule has 0 saturated heterocycles. The molecule has 1 atom stereocenters. The maximum absolute atomic E-state index is 13.3. The van der Waals surface area contributed by atoms with Gasteiger partial charge in [-0.1, -0.05) is 17.3 Å². The molecule has 2 rings (SSSR count). The van der Waals surface area contributed by atoms with E-state index in [2.05, 4.69) is 25.9 Å². The number of hydrogen-bond donors (Lipinski definition) is 2. The van der Waals surface area contributed by atoms with Crippen molar-refractivity contribution < 1.29 is 13.9 Å². The number of ether oxygens (including phenoxy) is 1. The van der Waals surface area contributed by atoms with Crippen LogP contribution in [0.2, 0.25) is 0 Å². The van der Waals surface area contributed by atoms with Gasteiger partial charge < -0.3 is 10.1 Å². The second-order valence-electron chi connectivity index (χ2n) is 4.09. The minimum absolute atomic E-state index is 0.0890. The zero-order chi connectivity index (χ0) is 14.4. The van der Waals surface area contributed by atoms with Gasteiger partial charge >= 0.3 is 0 Å². The number of aromatic amines is 1. The molecule has 1 heterocycles. The molecule has 106 valence electrons. The first-order valence-electron chi connectivity index (χ1n) is 6.07. The predicted octanol–water partition coefficient (Wildman–Crippen LogP) is 0.985. The van der Waals surface area contributed by atoms with Crippen LogP contribution < -0.4 is 10.1 Å². The maximum atomic E-state index is 13.3. The number of halogens is 1. The summed E-state index contributed by atoms with van der Waals surface area (Å²) in [6.45, 7) is 1.83. The number of aromatic nitrogens is 4. The van der Waals surface area contributed by atoms with Gasteiger partial charge in [-0.2, -0.15) is 5.21 Å². The lowest BCUT2D eigenvalue weighted by atomic mass is 10.3. The Hall–Kier alpha value is -2.51. The summed E-state index contributed by atoms with van der Waals surface area (Å²) in [6.07, 6.45) is 0.108. The van der Waals surface area contributed by atoms with Gasteiger partial charge in [-0.3, -0.25) is 4.79 Å². The zero-order valence-electron chi connectivity index (χ0n) is 10.8. The molecule has 0 saturated carbocycles. The van der Waals surface area contributed by atoms with Gasteiger partial charge in [0.2, 0.25) is 5.91 Å². The lowest BCUT2D eigenvalue weighted by molar-refractivity contribution is -0.122. The summed E-state index contributed by atoms with van der Waals surface area (Å²) in [5.41, 5.74) is 0. The quantitative estimate of drug-likeness (QED) is 0.822. The summed E-state index contributed by atoms with van der Waals surface area (Å²) in [5.74, 6) is -0.161. The van der Waals surface area contributed by atoms with Gasteiger partial charge in [-0.15, -0.1) is 10.2 Å². The maximum Gasteiger partial charge on any atom is 0.224 e. The first kappa shape index (κ1) is 13.9. The standard InChI is InChI=1S/C12H14FN5O2/c1-8(12-15-17-18-16-12)14-11(19)6-7-20-10-5-3-2-4-9(10)13/h2-5,8H,6-7H2,1H3,(H,14,19)(H,15,16,17,18). The number of benzene rings is 1. The first-order chi connectivity index (χ1) is 9.66. The van der Waals surface area contributed by atoms with Gasteiger partial charge in [-0.25, -0.2) is 4.39 Å². The highest BCUT2D eigenvalue weighted by Crippen LogP contribution is 2.15. The Morgan fingerprint density at radius 1 is 1.50 bits per heavy atom. The number of amides is 1. The molecule has 1 amide bonds. The number of hydrogen-bond acceptors (Lipinski definition) is 5. The molecule has 0 aliphatic rings. The second-order valence-corrected chi connectivity index (χ2v) is 4.09. The molecule has 0 aliphatic carbocycles. The predicted molar refractivity (Wildman–Crippen MR) is 67.2 cm³/mol. The van der Waals surface area contributed by atoms with Crippen LogP contribution in [0.5, 0.6) is 5.75 Å². The molecule has 1 aromatic heterocycles. The molecule has 0 radical (unpaired) electrons. The van der Waals surface area contributed by atoms with Gasteiger partial charge in [0.05, 0.1) is 19.1 Å². The molecule has 7 nitrogen and oxygen atoms in total. The van der Waals surface area contributed by atoms with Crippen LogP contribution >= 0.6 is 0 Å². The summed E-state index contributed by atoms with van der Waals surface area (Å²) in [7, 11) is 0. The smallest absolute Gasteiger partial charge is 0.224 e.